The van der Waals surface area contributed by atoms with Crippen molar-refractivity contribution < 1.29 is 4.92 Å². The van der Waals surface area contributed by atoms with E-state index in [-0.39, 0.29) is 5.69 Å². The quantitative estimate of drug-likeness (QED) is 0.650. The Bertz CT molecular complexity index is 631. The first-order valence-electron chi connectivity index (χ1n) is 5.46. The average Bonchev–Trinajstić information content (AvgIpc) is 2.57. The minimum absolute atomic E-state index is 0.0813. The molecule has 2 N–H and O–H groups in total. The fourth-order valence-electron chi connectivity index (χ4n) is 1.93. The van der Waals surface area contributed by atoms with Crippen molar-refractivity contribution in [3.8, 4) is 11.3 Å². The number of hydrogen-bond donors (Lipinski definition) is 1. The Morgan fingerprint density at radius 1 is 1.39 bits per heavy atom. The molecule has 0 spiro atoms. The zero-order valence-corrected chi connectivity index (χ0v) is 10.5. The molecule has 0 aliphatic rings. The van der Waals surface area contributed by atoms with E-state index in [1.807, 2.05) is 13.8 Å². The van der Waals surface area contributed by atoms with Crippen molar-refractivity contribution in [1.29, 1.82) is 0 Å². The Labute approximate surface area is 104 Å². The topological polar surface area (TPSA) is 87.0 Å². The Hall–Kier alpha value is -2.37. The summed E-state index contributed by atoms with van der Waals surface area (Å²) in [6, 6.07) is 4.73. The van der Waals surface area contributed by atoms with Gasteiger partial charge in [0, 0.05) is 30.3 Å². The van der Waals surface area contributed by atoms with Gasteiger partial charge in [0.05, 0.1) is 10.6 Å². The van der Waals surface area contributed by atoms with Crippen LogP contribution in [0.5, 0.6) is 0 Å². The van der Waals surface area contributed by atoms with E-state index in [4.69, 9.17) is 5.73 Å². The van der Waals surface area contributed by atoms with E-state index in [1.165, 1.54) is 6.07 Å². The van der Waals surface area contributed by atoms with Crippen molar-refractivity contribution in [3.63, 3.8) is 0 Å². The zero-order valence-electron chi connectivity index (χ0n) is 10.5. The van der Waals surface area contributed by atoms with Crippen LogP contribution >= 0.6 is 0 Å². The van der Waals surface area contributed by atoms with Gasteiger partial charge in [0.15, 0.2) is 0 Å². The summed E-state index contributed by atoms with van der Waals surface area (Å²) < 4.78 is 1.60. The van der Waals surface area contributed by atoms with Gasteiger partial charge in [-0.3, -0.25) is 14.8 Å². The Morgan fingerprint density at radius 2 is 2.06 bits per heavy atom. The molecular weight excluding hydrogens is 232 g/mol. The van der Waals surface area contributed by atoms with Crippen molar-refractivity contribution >= 4 is 11.5 Å². The Kier molecular flexibility index (Phi) is 2.78. The van der Waals surface area contributed by atoms with Crippen molar-refractivity contribution in [3.05, 3.63) is 39.4 Å². The molecule has 0 amide bonds. The fraction of sp³-hybridized carbons (Fsp3) is 0.250. The van der Waals surface area contributed by atoms with E-state index in [1.54, 1.807) is 23.9 Å². The number of nitrogens with two attached hydrogens (primary N) is 1. The molecule has 6 heteroatoms. The maximum absolute atomic E-state index is 10.7. The van der Waals surface area contributed by atoms with Crippen LogP contribution in [0.25, 0.3) is 11.3 Å². The number of nitrogen functional groups attached to an aromatic ring is 1. The lowest BCUT2D eigenvalue weighted by molar-refractivity contribution is -0.384. The summed E-state index contributed by atoms with van der Waals surface area (Å²) in [7, 11) is 1.77. The van der Waals surface area contributed by atoms with Crippen LogP contribution in [-0.2, 0) is 7.05 Å². The molecule has 18 heavy (non-hydrogen) atoms. The molecule has 0 aliphatic heterocycles. The predicted molar refractivity (Wildman–Crippen MR) is 69.2 cm³/mol. The minimum atomic E-state index is -0.406. The molecule has 0 saturated heterocycles. The van der Waals surface area contributed by atoms with Gasteiger partial charge in [0.25, 0.3) is 5.69 Å². The Morgan fingerprint density at radius 3 is 2.50 bits per heavy atom. The smallest absolute Gasteiger partial charge is 0.269 e. The van der Waals surface area contributed by atoms with Crippen LogP contribution in [0.15, 0.2) is 18.2 Å². The number of aryl methyl sites for hydroxylation is 2. The number of anilines is 1. The molecule has 0 saturated carbocycles. The van der Waals surface area contributed by atoms with Gasteiger partial charge in [-0.25, -0.2) is 0 Å². The number of rotatable bonds is 2. The van der Waals surface area contributed by atoms with Crippen LogP contribution in [0.3, 0.4) is 0 Å². The van der Waals surface area contributed by atoms with Gasteiger partial charge in [0.1, 0.15) is 5.82 Å². The van der Waals surface area contributed by atoms with Gasteiger partial charge in [-0.15, -0.1) is 0 Å². The van der Waals surface area contributed by atoms with Crippen LogP contribution in [0.1, 0.15) is 11.1 Å². The molecule has 1 heterocycles. The molecule has 0 radical (unpaired) electrons. The van der Waals surface area contributed by atoms with Crippen molar-refractivity contribution in [1.82, 2.24) is 9.78 Å². The number of aromatic nitrogens is 2. The van der Waals surface area contributed by atoms with Crippen molar-refractivity contribution in [2.24, 2.45) is 7.05 Å². The van der Waals surface area contributed by atoms with Gasteiger partial charge < -0.3 is 5.73 Å². The first-order chi connectivity index (χ1) is 8.41. The van der Waals surface area contributed by atoms with Gasteiger partial charge in [0.2, 0.25) is 0 Å². The largest absolute Gasteiger partial charge is 0.384 e. The van der Waals surface area contributed by atoms with Crippen LogP contribution in [0.4, 0.5) is 11.5 Å². The summed E-state index contributed by atoms with van der Waals surface area (Å²) in [6.45, 7) is 3.71. The molecule has 0 atom stereocenters. The molecule has 0 unspecified atom stereocenters. The van der Waals surface area contributed by atoms with E-state index < -0.39 is 4.92 Å². The molecule has 0 aliphatic carbocycles. The summed E-state index contributed by atoms with van der Waals surface area (Å²) in [4.78, 5) is 10.3. The summed E-state index contributed by atoms with van der Waals surface area (Å²) >= 11 is 0. The SMILES string of the molecule is Cc1cc([N+](=O)[O-])ccc1-c1nn(C)c(N)c1C. The van der Waals surface area contributed by atoms with Crippen molar-refractivity contribution in [2.75, 3.05) is 5.73 Å². The highest BCUT2D eigenvalue weighted by Gasteiger charge is 2.15. The summed E-state index contributed by atoms with van der Waals surface area (Å²) in [5, 5.41) is 15.0. The highest BCUT2D eigenvalue weighted by molar-refractivity contribution is 5.71. The second-order valence-electron chi connectivity index (χ2n) is 4.24. The third-order valence-corrected chi connectivity index (χ3v) is 3.01. The number of hydrogen-bond acceptors (Lipinski definition) is 4. The zero-order chi connectivity index (χ0) is 13.4. The molecule has 0 bridgehead atoms. The Balaban J connectivity index is 2.58. The molecular formula is C12H14N4O2. The van der Waals surface area contributed by atoms with Gasteiger partial charge in [-0.1, -0.05) is 0 Å². The maximum Gasteiger partial charge on any atom is 0.269 e. The molecule has 0 fully saturated rings. The van der Waals surface area contributed by atoms with E-state index in [9.17, 15) is 10.1 Å². The van der Waals surface area contributed by atoms with E-state index in [2.05, 4.69) is 5.10 Å². The summed E-state index contributed by atoms with van der Waals surface area (Å²) in [5.74, 6) is 0.600. The highest BCUT2D eigenvalue weighted by Crippen LogP contribution is 2.30. The molecule has 6 nitrogen and oxygen atoms in total. The number of nitro groups is 1. The molecule has 2 aromatic rings. The first kappa shape index (κ1) is 12.1. The minimum Gasteiger partial charge on any atom is -0.384 e. The van der Waals surface area contributed by atoms with Crippen LogP contribution in [0.2, 0.25) is 0 Å². The molecule has 94 valence electrons. The lowest BCUT2D eigenvalue weighted by Crippen LogP contribution is -1.97. The van der Waals surface area contributed by atoms with Crippen LogP contribution in [0, 0.1) is 24.0 Å². The standard InChI is InChI=1S/C12H14N4O2/c1-7-6-9(16(17)18)4-5-10(7)11-8(2)12(13)15(3)14-11/h4-6H,13H2,1-3H3. The molecule has 1 aromatic heterocycles. The predicted octanol–water partition coefficient (Wildman–Crippen LogP) is 2.19. The van der Waals surface area contributed by atoms with E-state index >= 15 is 0 Å². The van der Waals surface area contributed by atoms with Crippen molar-refractivity contribution in [2.45, 2.75) is 13.8 Å². The highest BCUT2D eigenvalue weighted by atomic mass is 16.6. The third kappa shape index (κ3) is 1.81. The summed E-state index contributed by atoms with van der Waals surface area (Å²) in [5.41, 5.74) is 9.27. The normalized spacial score (nSPS) is 10.6. The second kappa shape index (κ2) is 4.14. The van der Waals surface area contributed by atoms with Gasteiger partial charge >= 0.3 is 0 Å². The number of non-ortho nitro benzene ring substituents is 1. The fourth-order valence-corrected chi connectivity index (χ4v) is 1.93. The first-order valence-corrected chi connectivity index (χ1v) is 5.46. The average molecular weight is 246 g/mol. The third-order valence-electron chi connectivity index (χ3n) is 3.01. The maximum atomic E-state index is 10.7. The monoisotopic (exact) mass is 246 g/mol. The van der Waals surface area contributed by atoms with Crippen LogP contribution < -0.4 is 5.73 Å². The van der Waals surface area contributed by atoms with Crippen LogP contribution in [-0.4, -0.2) is 14.7 Å². The number of nitro benzene ring substituents is 1. The molecule has 2 rings (SSSR count). The summed E-state index contributed by atoms with van der Waals surface area (Å²) in [6.07, 6.45) is 0. The van der Waals surface area contributed by atoms with Gasteiger partial charge in [-0.05, 0) is 25.5 Å². The van der Waals surface area contributed by atoms with E-state index in [0.29, 0.717) is 5.82 Å². The lowest BCUT2D eigenvalue weighted by atomic mass is 10.0. The second-order valence-corrected chi connectivity index (χ2v) is 4.24. The molecule has 1 aromatic carbocycles. The number of benzene rings is 1. The lowest BCUT2D eigenvalue weighted by Gasteiger charge is -2.03. The van der Waals surface area contributed by atoms with Gasteiger partial charge in [-0.2, -0.15) is 5.10 Å². The number of nitrogens with zero attached hydrogens (tertiary/aromatic N) is 3. The van der Waals surface area contributed by atoms with E-state index in [0.717, 1.165) is 22.4 Å².